The third-order valence-corrected chi connectivity index (χ3v) is 3.64. The number of likely N-dealkylation sites (N-methyl/N-ethyl adjacent to an activating group) is 1. The summed E-state index contributed by atoms with van der Waals surface area (Å²) in [5.74, 6) is -0.828. The summed E-state index contributed by atoms with van der Waals surface area (Å²) in [6.45, 7) is 12.5. The zero-order valence-electron chi connectivity index (χ0n) is 12.1. The molecule has 1 aliphatic heterocycles. The highest BCUT2D eigenvalue weighted by molar-refractivity contribution is 5.78. The monoisotopic (exact) mass is 268 g/mol. The van der Waals surface area contributed by atoms with Gasteiger partial charge in [0.15, 0.2) is 0 Å². The molecular formula is C14H24N2O3. The van der Waals surface area contributed by atoms with Gasteiger partial charge in [0.2, 0.25) is 5.91 Å². The second-order valence-electron chi connectivity index (χ2n) is 5.45. The van der Waals surface area contributed by atoms with Crippen LogP contribution >= 0.6 is 0 Å². The second kappa shape index (κ2) is 6.70. The summed E-state index contributed by atoms with van der Waals surface area (Å²) in [6, 6.07) is 0. The Labute approximate surface area is 114 Å². The van der Waals surface area contributed by atoms with Crippen LogP contribution < -0.4 is 0 Å². The van der Waals surface area contributed by atoms with Crippen molar-refractivity contribution in [2.45, 2.75) is 20.8 Å². The summed E-state index contributed by atoms with van der Waals surface area (Å²) in [4.78, 5) is 26.7. The van der Waals surface area contributed by atoms with Gasteiger partial charge >= 0.3 is 5.97 Å². The summed E-state index contributed by atoms with van der Waals surface area (Å²) in [5.41, 5.74) is 0.969. The molecule has 19 heavy (non-hydrogen) atoms. The van der Waals surface area contributed by atoms with Crippen LogP contribution in [0.5, 0.6) is 0 Å². The Bertz CT molecular complexity index is 362. The fourth-order valence-electron chi connectivity index (χ4n) is 2.25. The van der Waals surface area contributed by atoms with Crippen molar-refractivity contribution >= 4 is 11.9 Å². The van der Waals surface area contributed by atoms with Crippen LogP contribution in [-0.2, 0) is 9.59 Å². The van der Waals surface area contributed by atoms with E-state index in [1.807, 2.05) is 18.7 Å². The van der Waals surface area contributed by atoms with Gasteiger partial charge in [0.05, 0.1) is 12.5 Å². The van der Waals surface area contributed by atoms with E-state index >= 15 is 0 Å². The number of likely N-dealkylation sites (tertiary alicyclic amines) is 1. The molecule has 0 saturated carbocycles. The standard InChI is InChI=1S/C14H24N2O3/c1-5-16(6-10(2)3)13(17)9-15-7-12(8-15)11(4)14(18)19/h11-12H,2,5-9H2,1,3-4H3,(H,18,19). The van der Waals surface area contributed by atoms with Crippen molar-refractivity contribution in [3.05, 3.63) is 12.2 Å². The van der Waals surface area contributed by atoms with E-state index in [1.165, 1.54) is 0 Å². The van der Waals surface area contributed by atoms with E-state index in [0.29, 0.717) is 32.7 Å². The van der Waals surface area contributed by atoms with Gasteiger partial charge in [-0.25, -0.2) is 0 Å². The van der Waals surface area contributed by atoms with Crippen molar-refractivity contribution < 1.29 is 14.7 Å². The molecule has 0 spiro atoms. The van der Waals surface area contributed by atoms with Gasteiger partial charge in [-0.15, -0.1) is 0 Å². The summed E-state index contributed by atoms with van der Waals surface area (Å²) >= 11 is 0. The predicted molar refractivity (Wildman–Crippen MR) is 73.8 cm³/mol. The third kappa shape index (κ3) is 4.35. The minimum Gasteiger partial charge on any atom is -0.481 e. The van der Waals surface area contributed by atoms with Crippen molar-refractivity contribution in [2.24, 2.45) is 11.8 Å². The lowest BCUT2D eigenvalue weighted by Gasteiger charge is -2.41. The Kier molecular flexibility index (Phi) is 5.54. The maximum absolute atomic E-state index is 12.1. The highest BCUT2D eigenvalue weighted by Gasteiger charge is 2.35. The highest BCUT2D eigenvalue weighted by atomic mass is 16.4. The molecule has 5 nitrogen and oxygen atoms in total. The molecule has 5 heteroatoms. The van der Waals surface area contributed by atoms with Gasteiger partial charge < -0.3 is 10.0 Å². The van der Waals surface area contributed by atoms with Crippen LogP contribution in [0.25, 0.3) is 0 Å². The maximum atomic E-state index is 12.1. The van der Waals surface area contributed by atoms with Gasteiger partial charge in [-0.1, -0.05) is 19.1 Å². The molecule has 0 aromatic carbocycles. The molecule has 1 atom stereocenters. The van der Waals surface area contributed by atoms with Gasteiger partial charge in [0.25, 0.3) is 0 Å². The van der Waals surface area contributed by atoms with Gasteiger partial charge in [-0.2, -0.15) is 0 Å². The summed E-state index contributed by atoms with van der Waals surface area (Å²) in [5, 5.41) is 8.91. The van der Waals surface area contributed by atoms with Crippen LogP contribution in [0, 0.1) is 11.8 Å². The summed E-state index contributed by atoms with van der Waals surface area (Å²) in [6.07, 6.45) is 0. The minimum absolute atomic E-state index is 0.0897. The first-order chi connectivity index (χ1) is 8.85. The van der Waals surface area contributed by atoms with E-state index in [2.05, 4.69) is 6.58 Å². The maximum Gasteiger partial charge on any atom is 0.306 e. The van der Waals surface area contributed by atoms with Crippen LogP contribution in [0.3, 0.4) is 0 Å². The van der Waals surface area contributed by atoms with Crippen LogP contribution in [0.2, 0.25) is 0 Å². The molecule has 0 aliphatic carbocycles. The molecule has 1 rings (SSSR count). The number of amides is 1. The van der Waals surface area contributed by atoms with Gasteiger partial charge in [0, 0.05) is 26.2 Å². The number of carboxylic acids is 1. The van der Waals surface area contributed by atoms with Crippen LogP contribution in [-0.4, -0.2) is 59.5 Å². The first-order valence-corrected chi connectivity index (χ1v) is 6.72. The minimum atomic E-state index is -0.756. The molecule has 1 fully saturated rings. The van der Waals surface area contributed by atoms with E-state index in [9.17, 15) is 9.59 Å². The summed E-state index contributed by atoms with van der Waals surface area (Å²) < 4.78 is 0. The van der Waals surface area contributed by atoms with Crippen molar-refractivity contribution in [2.75, 3.05) is 32.7 Å². The second-order valence-corrected chi connectivity index (χ2v) is 5.45. The van der Waals surface area contributed by atoms with Crippen LogP contribution in [0.15, 0.2) is 12.2 Å². The predicted octanol–water partition coefficient (Wildman–Crippen LogP) is 1.06. The zero-order valence-corrected chi connectivity index (χ0v) is 12.1. The Morgan fingerprint density at radius 1 is 1.47 bits per heavy atom. The van der Waals surface area contributed by atoms with Crippen molar-refractivity contribution in [1.82, 2.24) is 9.80 Å². The highest BCUT2D eigenvalue weighted by Crippen LogP contribution is 2.23. The number of carboxylic acid groups (broad SMARTS) is 1. The Balaban J connectivity index is 2.36. The first kappa shape index (κ1) is 15.7. The van der Waals surface area contributed by atoms with E-state index in [-0.39, 0.29) is 17.7 Å². The molecule has 0 aromatic rings. The molecule has 1 amide bonds. The largest absolute Gasteiger partial charge is 0.481 e. The van der Waals surface area contributed by atoms with Gasteiger partial charge in [-0.3, -0.25) is 14.5 Å². The average Bonchev–Trinajstić information content (AvgIpc) is 2.28. The molecule has 1 N–H and O–H groups in total. The lowest BCUT2D eigenvalue weighted by molar-refractivity contribution is -0.146. The quantitative estimate of drug-likeness (QED) is 0.701. The Hall–Kier alpha value is -1.36. The molecule has 1 saturated heterocycles. The molecule has 108 valence electrons. The summed E-state index contributed by atoms with van der Waals surface area (Å²) in [7, 11) is 0. The number of carbonyl (C=O) groups is 2. The van der Waals surface area contributed by atoms with Gasteiger partial charge in [0.1, 0.15) is 0 Å². The Morgan fingerprint density at radius 2 is 2.05 bits per heavy atom. The smallest absolute Gasteiger partial charge is 0.306 e. The van der Waals surface area contributed by atoms with Crippen molar-refractivity contribution in [3.8, 4) is 0 Å². The fourth-order valence-corrected chi connectivity index (χ4v) is 2.25. The third-order valence-electron chi connectivity index (χ3n) is 3.64. The van der Waals surface area contributed by atoms with E-state index < -0.39 is 5.97 Å². The lowest BCUT2D eigenvalue weighted by atomic mass is 9.87. The molecule has 1 aliphatic rings. The zero-order chi connectivity index (χ0) is 14.6. The van der Waals surface area contributed by atoms with Crippen molar-refractivity contribution in [1.29, 1.82) is 0 Å². The number of rotatable bonds is 7. The molecule has 0 radical (unpaired) electrons. The number of aliphatic carboxylic acids is 1. The van der Waals surface area contributed by atoms with E-state index in [0.717, 1.165) is 5.57 Å². The van der Waals surface area contributed by atoms with E-state index in [1.54, 1.807) is 11.8 Å². The number of carbonyl (C=O) groups excluding carboxylic acids is 1. The molecule has 0 bridgehead atoms. The first-order valence-electron chi connectivity index (χ1n) is 6.72. The number of hydrogen-bond acceptors (Lipinski definition) is 3. The fraction of sp³-hybridized carbons (Fsp3) is 0.714. The molecule has 1 unspecified atom stereocenters. The van der Waals surface area contributed by atoms with Crippen molar-refractivity contribution in [3.63, 3.8) is 0 Å². The Morgan fingerprint density at radius 3 is 2.47 bits per heavy atom. The van der Waals surface area contributed by atoms with Gasteiger partial charge in [-0.05, 0) is 19.8 Å². The van der Waals surface area contributed by atoms with Crippen LogP contribution in [0.4, 0.5) is 0 Å². The van der Waals surface area contributed by atoms with Crippen LogP contribution in [0.1, 0.15) is 20.8 Å². The lowest BCUT2D eigenvalue weighted by Crippen LogP contribution is -2.54. The average molecular weight is 268 g/mol. The topological polar surface area (TPSA) is 60.9 Å². The molecule has 1 heterocycles. The SMILES string of the molecule is C=C(C)CN(CC)C(=O)CN1CC(C(C)C(=O)O)C1. The molecular weight excluding hydrogens is 244 g/mol. The number of hydrogen-bond donors (Lipinski definition) is 1. The number of nitrogens with zero attached hydrogens (tertiary/aromatic N) is 2. The van der Waals surface area contributed by atoms with E-state index in [4.69, 9.17) is 5.11 Å². The normalized spacial score (nSPS) is 17.6. The molecule has 0 aromatic heterocycles.